The van der Waals surface area contributed by atoms with E-state index in [1.54, 1.807) is 24.3 Å². The van der Waals surface area contributed by atoms with Crippen molar-refractivity contribution in [1.29, 1.82) is 0 Å². The quantitative estimate of drug-likeness (QED) is 0.322. The van der Waals surface area contributed by atoms with Crippen LogP contribution in [0.4, 0.5) is 0 Å². The third-order valence-electron chi connectivity index (χ3n) is 2.58. The highest BCUT2D eigenvalue weighted by atomic mass is 16.3. The molecule has 0 radical (unpaired) electrons. The molecule has 1 amide bonds. The van der Waals surface area contributed by atoms with Crippen molar-refractivity contribution in [2.45, 2.75) is 12.8 Å². The summed E-state index contributed by atoms with van der Waals surface area (Å²) in [6, 6.07) is 8.72. The summed E-state index contributed by atoms with van der Waals surface area (Å²) in [6.07, 6.45) is 1.70. The molecule has 1 aromatic carbocycles. The number of unbranched alkanes of at least 4 members (excludes halogenated alkanes) is 1. The molecule has 0 spiro atoms. The van der Waals surface area contributed by atoms with Crippen molar-refractivity contribution in [3.63, 3.8) is 0 Å². The fourth-order valence-corrected chi connectivity index (χ4v) is 1.60. The van der Waals surface area contributed by atoms with Crippen LogP contribution in [-0.2, 0) is 0 Å². The Balaban J connectivity index is 2.46. The highest BCUT2D eigenvalue weighted by Crippen LogP contribution is 2.06. The molecule has 18 heavy (non-hydrogen) atoms. The lowest BCUT2D eigenvalue weighted by Gasteiger charge is -2.14. The number of carbonyl (C=O) groups is 1. The molecular weight excluding hydrogens is 231 g/mol. The average molecular weight is 250 g/mol. The first-order chi connectivity index (χ1) is 8.65. The van der Waals surface area contributed by atoms with E-state index in [2.05, 4.69) is 10.2 Å². The summed E-state index contributed by atoms with van der Waals surface area (Å²) < 4.78 is 0. The minimum atomic E-state index is -0.338. The first-order valence-corrected chi connectivity index (χ1v) is 6.00. The Morgan fingerprint density at radius 2 is 1.72 bits per heavy atom. The van der Waals surface area contributed by atoms with Gasteiger partial charge in [-0.25, -0.2) is 0 Å². The molecule has 0 N–H and O–H groups in total. The minimum absolute atomic E-state index is 0.338. The molecule has 0 aliphatic rings. The summed E-state index contributed by atoms with van der Waals surface area (Å²) in [4.78, 5) is 24.7. The van der Waals surface area contributed by atoms with Crippen LogP contribution in [0.1, 0.15) is 23.2 Å². The van der Waals surface area contributed by atoms with Crippen LogP contribution in [0.15, 0.2) is 35.6 Å². The molecule has 0 bridgehead atoms. The van der Waals surface area contributed by atoms with Gasteiger partial charge in [0, 0.05) is 12.1 Å². The van der Waals surface area contributed by atoms with E-state index < -0.39 is 0 Å². The zero-order valence-electron chi connectivity index (χ0n) is 10.9. The summed E-state index contributed by atoms with van der Waals surface area (Å²) in [5.41, 5.74) is 0.490. The van der Waals surface area contributed by atoms with Crippen molar-refractivity contribution < 1.29 is 4.79 Å². The predicted molar refractivity (Wildman–Crippen MR) is 71.1 cm³/mol. The molecule has 5 heteroatoms. The summed E-state index contributed by atoms with van der Waals surface area (Å²) in [7, 11) is 3.98. The maximum Gasteiger partial charge on any atom is 0.276 e. The molecule has 0 heterocycles. The number of nitrogens with zero attached hydrogens (tertiary/aromatic N) is 3. The van der Waals surface area contributed by atoms with Crippen LogP contribution in [0.5, 0.6) is 0 Å². The van der Waals surface area contributed by atoms with Crippen LogP contribution in [0.25, 0.3) is 0 Å². The SMILES string of the molecule is CN(C)CCC[13CH2]N(N=O)C(=O)c1ccccc1. The van der Waals surface area contributed by atoms with Gasteiger partial charge in [-0.3, -0.25) is 4.79 Å². The zero-order valence-corrected chi connectivity index (χ0v) is 10.9. The topological polar surface area (TPSA) is 53.0 Å². The minimum Gasteiger partial charge on any atom is -0.309 e. The second-order valence-corrected chi connectivity index (χ2v) is 4.39. The number of nitroso groups, excluding NO2 is 1. The fourth-order valence-electron chi connectivity index (χ4n) is 1.60. The van der Waals surface area contributed by atoms with Crippen molar-refractivity contribution in [3.05, 3.63) is 40.8 Å². The monoisotopic (exact) mass is 250 g/mol. The lowest BCUT2D eigenvalue weighted by atomic mass is 10.2. The Morgan fingerprint density at radius 3 is 2.28 bits per heavy atom. The highest BCUT2D eigenvalue weighted by Gasteiger charge is 2.15. The van der Waals surface area contributed by atoms with Gasteiger partial charge in [-0.15, -0.1) is 4.91 Å². The van der Waals surface area contributed by atoms with Gasteiger partial charge in [-0.1, -0.05) is 18.2 Å². The normalized spacial score (nSPS) is 10.4. The molecule has 5 nitrogen and oxygen atoms in total. The molecule has 98 valence electrons. The van der Waals surface area contributed by atoms with E-state index in [0.717, 1.165) is 24.4 Å². The molecule has 1 aromatic rings. The standard InChI is InChI=1S/C13H19N3O2/c1-15(2)10-6-7-11-16(14-18)13(17)12-8-4-3-5-9-12/h3-5,8-9H,6-7,10-11H2,1-2H3/i11+1. The summed E-state index contributed by atoms with van der Waals surface area (Å²) in [6.45, 7) is 1.30. The number of amides is 1. The van der Waals surface area contributed by atoms with E-state index in [1.165, 1.54) is 0 Å². The van der Waals surface area contributed by atoms with Crippen molar-refractivity contribution in [3.8, 4) is 0 Å². The zero-order chi connectivity index (χ0) is 13.4. The van der Waals surface area contributed by atoms with E-state index in [1.807, 2.05) is 20.2 Å². The largest absolute Gasteiger partial charge is 0.309 e. The average Bonchev–Trinajstić information content (AvgIpc) is 2.39. The van der Waals surface area contributed by atoms with Crippen LogP contribution in [0, 0.1) is 4.91 Å². The molecule has 0 atom stereocenters. The second kappa shape index (κ2) is 7.55. The Bertz CT molecular complexity index is 379. The lowest BCUT2D eigenvalue weighted by molar-refractivity contribution is 0.0754. The van der Waals surface area contributed by atoms with Crippen LogP contribution in [0.2, 0.25) is 0 Å². The third kappa shape index (κ3) is 4.63. The highest BCUT2D eigenvalue weighted by molar-refractivity contribution is 5.93. The second-order valence-electron chi connectivity index (χ2n) is 4.39. The van der Waals surface area contributed by atoms with E-state index in [4.69, 9.17) is 0 Å². The third-order valence-corrected chi connectivity index (χ3v) is 2.58. The Kier molecular flexibility index (Phi) is 6.00. The maximum atomic E-state index is 11.9. The van der Waals surface area contributed by atoms with Gasteiger partial charge in [0.15, 0.2) is 0 Å². The van der Waals surface area contributed by atoms with E-state index >= 15 is 0 Å². The first-order valence-electron chi connectivity index (χ1n) is 6.00. The Labute approximate surface area is 107 Å². The maximum absolute atomic E-state index is 11.9. The van der Waals surface area contributed by atoms with E-state index in [-0.39, 0.29) is 5.91 Å². The molecule has 0 saturated carbocycles. The van der Waals surface area contributed by atoms with Crippen molar-refractivity contribution >= 4 is 5.91 Å². The van der Waals surface area contributed by atoms with Gasteiger partial charge in [0.2, 0.25) is 0 Å². The van der Waals surface area contributed by atoms with Crippen molar-refractivity contribution in [2.24, 2.45) is 5.29 Å². The Hall–Kier alpha value is -1.75. The van der Waals surface area contributed by atoms with E-state index in [0.29, 0.717) is 12.1 Å². The number of carbonyl (C=O) groups excluding carboxylic acids is 1. The van der Waals surface area contributed by atoms with Crippen molar-refractivity contribution in [2.75, 3.05) is 27.2 Å². The van der Waals surface area contributed by atoms with Gasteiger partial charge in [0.1, 0.15) is 0 Å². The molecule has 0 unspecified atom stereocenters. The van der Waals surface area contributed by atoms with Gasteiger partial charge in [-0.2, -0.15) is 5.01 Å². The molecule has 0 saturated heterocycles. The summed E-state index contributed by atoms with van der Waals surface area (Å²) in [5.74, 6) is -0.338. The fraction of sp³-hybridized carbons (Fsp3) is 0.462. The van der Waals surface area contributed by atoms with Crippen molar-refractivity contribution in [1.82, 2.24) is 9.91 Å². The van der Waals surface area contributed by atoms with Crippen LogP contribution < -0.4 is 0 Å². The van der Waals surface area contributed by atoms with Crippen LogP contribution >= 0.6 is 0 Å². The van der Waals surface area contributed by atoms with Gasteiger partial charge < -0.3 is 4.90 Å². The summed E-state index contributed by atoms with van der Waals surface area (Å²) >= 11 is 0. The van der Waals surface area contributed by atoms with Gasteiger partial charge in [0.25, 0.3) is 5.91 Å². The lowest BCUT2D eigenvalue weighted by Crippen LogP contribution is -2.27. The smallest absolute Gasteiger partial charge is 0.276 e. The summed E-state index contributed by atoms with van der Waals surface area (Å²) in [5, 5.41) is 3.79. The molecule has 0 aliphatic carbocycles. The van der Waals surface area contributed by atoms with Gasteiger partial charge >= 0.3 is 0 Å². The number of rotatable bonds is 7. The molecule has 1 rings (SSSR count). The Morgan fingerprint density at radius 1 is 1.11 bits per heavy atom. The molecular formula is C13H19N3O2. The number of benzene rings is 1. The molecule has 0 fully saturated rings. The first kappa shape index (κ1) is 14.3. The number of hydrogen-bond donors (Lipinski definition) is 0. The van der Waals surface area contributed by atoms with Gasteiger partial charge in [-0.05, 0) is 45.6 Å². The molecule has 0 aliphatic heterocycles. The van der Waals surface area contributed by atoms with Crippen LogP contribution in [0.3, 0.4) is 0 Å². The molecule has 0 aromatic heterocycles. The van der Waals surface area contributed by atoms with E-state index in [9.17, 15) is 9.70 Å². The van der Waals surface area contributed by atoms with Gasteiger partial charge in [0.05, 0.1) is 5.29 Å². The predicted octanol–water partition coefficient (Wildman–Crippen LogP) is 2.15. The van der Waals surface area contributed by atoms with Crippen LogP contribution in [-0.4, -0.2) is 43.0 Å². The number of hydrogen-bond acceptors (Lipinski definition) is 4.